The molecule has 3 aromatic carbocycles. The number of halogens is 3. The largest absolute Gasteiger partial charge is 0.489 e. The summed E-state index contributed by atoms with van der Waals surface area (Å²) in [5, 5.41) is 15.9. The number of rotatable bonds is 7. The van der Waals surface area contributed by atoms with E-state index in [1.165, 1.54) is 5.56 Å². The molecule has 1 fully saturated rings. The minimum Gasteiger partial charge on any atom is -0.489 e. The number of aromatic nitrogens is 1. The molecular formula is C30H25Cl3N2O2. The molecule has 4 nitrogen and oxygen atoms in total. The fraction of sp³-hybridized carbons (Fsp3) is 0.267. The number of aryl methyl sites for hydroxylation is 1. The van der Waals surface area contributed by atoms with Crippen LogP contribution in [0.1, 0.15) is 60.1 Å². The van der Waals surface area contributed by atoms with E-state index < -0.39 is 5.41 Å². The van der Waals surface area contributed by atoms with Crippen molar-refractivity contribution in [3.8, 4) is 23.1 Å². The minimum absolute atomic E-state index is 0.0429. The molecule has 0 bridgehead atoms. The van der Waals surface area contributed by atoms with E-state index in [2.05, 4.69) is 11.2 Å². The maximum atomic E-state index is 10.0. The van der Waals surface area contributed by atoms with E-state index in [4.69, 9.17) is 44.1 Å². The first-order valence-electron chi connectivity index (χ1n) is 12.1. The molecule has 1 aromatic heterocycles. The maximum Gasteiger partial charge on any atom is 0.146 e. The van der Waals surface area contributed by atoms with Crippen molar-refractivity contribution in [3.63, 3.8) is 0 Å². The Hall–Kier alpha value is -2.97. The van der Waals surface area contributed by atoms with E-state index in [0.29, 0.717) is 37.8 Å². The van der Waals surface area contributed by atoms with Gasteiger partial charge in [0.05, 0.1) is 27.1 Å². The Labute approximate surface area is 231 Å². The predicted molar refractivity (Wildman–Crippen MR) is 148 cm³/mol. The SMILES string of the molecule is Cc1ccc(C2(C#N)CC2c2ccc(OCc3c(-c4c(Cl)cccc4Cl)noc3C(C)C)cc2Cl)cc1. The number of ether oxygens (including phenoxy) is 1. The van der Waals surface area contributed by atoms with E-state index >= 15 is 0 Å². The van der Waals surface area contributed by atoms with Gasteiger partial charge in [-0.25, -0.2) is 0 Å². The zero-order chi connectivity index (χ0) is 26.3. The summed E-state index contributed by atoms with van der Waals surface area (Å²) >= 11 is 19.6. The summed E-state index contributed by atoms with van der Waals surface area (Å²) in [6, 6.07) is 21.7. The molecule has 1 aliphatic rings. The van der Waals surface area contributed by atoms with Crippen molar-refractivity contribution in [2.24, 2.45) is 0 Å². The number of nitriles is 1. The van der Waals surface area contributed by atoms with Gasteiger partial charge in [-0.1, -0.05) is 95.8 Å². The van der Waals surface area contributed by atoms with Gasteiger partial charge >= 0.3 is 0 Å². The van der Waals surface area contributed by atoms with Crippen LogP contribution in [0.2, 0.25) is 15.1 Å². The van der Waals surface area contributed by atoms with Crippen LogP contribution in [0, 0.1) is 18.3 Å². The molecule has 5 rings (SSSR count). The lowest BCUT2D eigenvalue weighted by Crippen LogP contribution is -2.07. The second kappa shape index (κ2) is 10.1. The Balaban J connectivity index is 1.39. The van der Waals surface area contributed by atoms with Crippen LogP contribution < -0.4 is 4.74 Å². The average Bonchev–Trinajstić information content (AvgIpc) is 3.46. The van der Waals surface area contributed by atoms with Crippen LogP contribution in [0.25, 0.3) is 11.3 Å². The van der Waals surface area contributed by atoms with Crippen LogP contribution in [0.3, 0.4) is 0 Å². The number of benzene rings is 3. The number of hydrogen-bond acceptors (Lipinski definition) is 4. The van der Waals surface area contributed by atoms with E-state index in [1.807, 2.05) is 57.2 Å². The quantitative estimate of drug-likeness (QED) is 0.230. The van der Waals surface area contributed by atoms with Crippen LogP contribution in [0.15, 0.2) is 65.2 Å². The highest BCUT2D eigenvalue weighted by Crippen LogP contribution is 2.61. The van der Waals surface area contributed by atoms with Gasteiger partial charge in [-0.3, -0.25) is 0 Å². The van der Waals surface area contributed by atoms with Gasteiger partial charge in [0, 0.05) is 22.4 Å². The number of hydrogen-bond donors (Lipinski definition) is 0. The molecule has 0 N–H and O–H groups in total. The Morgan fingerprint density at radius 3 is 2.38 bits per heavy atom. The van der Waals surface area contributed by atoms with Crippen molar-refractivity contribution in [2.45, 2.75) is 51.0 Å². The molecule has 1 aliphatic carbocycles. The molecule has 2 unspecified atom stereocenters. The smallest absolute Gasteiger partial charge is 0.146 e. The third-order valence-corrected chi connectivity index (χ3v) is 7.96. The summed E-state index contributed by atoms with van der Waals surface area (Å²) in [7, 11) is 0. The van der Waals surface area contributed by atoms with Gasteiger partial charge in [0.2, 0.25) is 0 Å². The highest BCUT2D eigenvalue weighted by atomic mass is 35.5. The summed E-state index contributed by atoms with van der Waals surface area (Å²) in [4.78, 5) is 0. The Bertz CT molecular complexity index is 1480. The van der Waals surface area contributed by atoms with Gasteiger partial charge in [0.25, 0.3) is 0 Å². The van der Waals surface area contributed by atoms with Gasteiger partial charge in [-0.15, -0.1) is 0 Å². The molecule has 0 aliphatic heterocycles. The third-order valence-electron chi connectivity index (χ3n) is 7.00. The molecule has 1 heterocycles. The van der Waals surface area contributed by atoms with Gasteiger partial charge in [0.1, 0.15) is 23.8 Å². The van der Waals surface area contributed by atoms with E-state index in [9.17, 15) is 5.26 Å². The average molecular weight is 552 g/mol. The van der Waals surface area contributed by atoms with E-state index in [1.54, 1.807) is 24.3 Å². The van der Waals surface area contributed by atoms with Gasteiger partial charge in [0.15, 0.2) is 0 Å². The molecule has 0 spiro atoms. The first kappa shape index (κ1) is 25.7. The normalized spacial score (nSPS) is 18.6. The second-order valence-corrected chi connectivity index (χ2v) is 11.0. The first-order chi connectivity index (χ1) is 17.7. The van der Waals surface area contributed by atoms with Crippen LogP contribution in [0.5, 0.6) is 5.75 Å². The molecular weight excluding hydrogens is 527 g/mol. The topological polar surface area (TPSA) is 59.0 Å². The van der Waals surface area contributed by atoms with Crippen molar-refractivity contribution in [3.05, 3.63) is 104 Å². The predicted octanol–water partition coefficient (Wildman–Crippen LogP) is 9.26. The summed E-state index contributed by atoms with van der Waals surface area (Å²) in [5.74, 6) is 1.45. The maximum absolute atomic E-state index is 10.0. The van der Waals surface area contributed by atoms with Crippen LogP contribution in [-0.2, 0) is 12.0 Å². The van der Waals surface area contributed by atoms with Crippen molar-refractivity contribution >= 4 is 34.8 Å². The van der Waals surface area contributed by atoms with Gasteiger partial charge in [-0.2, -0.15) is 5.26 Å². The molecule has 1 saturated carbocycles. The van der Waals surface area contributed by atoms with Crippen LogP contribution >= 0.6 is 34.8 Å². The van der Waals surface area contributed by atoms with Gasteiger partial charge < -0.3 is 9.26 Å². The highest BCUT2D eigenvalue weighted by molar-refractivity contribution is 6.39. The summed E-state index contributed by atoms with van der Waals surface area (Å²) in [6.07, 6.45) is 0.743. The van der Waals surface area contributed by atoms with Crippen molar-refractivity contribution in [1.82, 2.24) is 5.16 Å². The zero-order valence-corrected chi connectivity index (χ0v) is 23.0. The van der Waals surface area contributed by atoms with E-state index in [-0.39, 0.29) is 18.4 Å². The van der Waals surface area contributed by atoms with E-state index in [0.717, 1.165) is 23.1 Å². The zero-order valence-electron chi connectivity index (χ0n) is 20.7. The Morgan fingerprint density at radius 2 is 1.76 bits per heavy atom. The monoisotopic (exact) mass is 550 g/mol. The summed E-state index contributed by atoms with van der Waals surface area (Å²) in [6.45, 7) is 6.30. The first-order valence-corrected chi connectivity index (χ1v) is 13.2. The lowest BCUT2D eigenvalue weighted by molar-refractivity contribution is 0.298. The molecule has 4 aromatic rings. The highest BCUT2D eigenvalue weighted by Gasteiger charge is 2.57. The van der Waals surface area contributed by atoms with Crippen molar-refractivity contribution in [1.29, 1.82) is 5.26 Å². The van der Waals surface area contributed by atoms with Gasteiger partial charge in [-0.05, 0) is 48.7 Å². The molecule has 188 valence electrons. The molecule has 0 saturated heterocycles. The van der Waals surface area contributed by atoms with Crippen molar-refractivity contribution in [2.75, 3.05) is 0 Å². The van der Waals surface area contributed by atoms with Crippen LogP contribution in [-0.4, -0.2) is 5.16 Å². The molecule has 0 radical (unpaired) electrons. The summed E-state index contributed by atoms with van der Waals surface area (Å²) < 4.78 is 11.8. The number of nitrogens with zero attached hydrogens (tertiary/aromatic N) is 2. The fourth-order valence-corrected chi connectivity index (χ4v) is 5.75. The lowest BCUT2D eigenvalue weighted by atomic mass is 9.91. The molecule has 2 atom stereocenters. The molecule has 0 amide bonds. The fourth-order valence-electron chi connectivity index (χ4n) is 4.87. The minimum atomic E-state index is -0.544. The molecule has 37 heavy (non-hydrogen) atoms. The van der Waals surface area contributed by atoms with Crippen LogP contribution in [0.4, 0.5) is 0 Å². The summed E-state index contributed by atoms with van der Waals surface area (Å²) in [5.41, 5.74) is 4.58. The van der Waals surface area contributed by atoms with Crippen molar-refractivity contribution < 1.29 is 9.26 Å². The Kier molecular flexibility index (Phi) is 6.98. The third kappa shape index (κ3) is 4.73. The standard InChI is InChI=1S/C30H25Cl3N2O2/c1-17(2)29-22(28(35-37-29)27-24(31)5-4-6-25(27)32)15-36-20-11-12-21(26(33)13-20)23-14-30(23,16-34)19-9-7-18(3)8-10-19/h4-13,17,23H,14-15H2,1-3H3. The molecule has 7 heteroatoms. The lowest BCUT2D eigenvalue weighted by Gasteiger charge is -2.13. The second-order valence-electron chi connectivity index (χ2n) is 9.80. The Morgan fingerprint density at radius 1 is 1.05 bits per heavy atom.